The Labute approximate surface area is 266 Å². The molecule has 1 aromatic heterocycles. The summed E-state index contributed by atoms with van der Waals surface area (Å²) >= 11 is 6.19. The lowest BCUT2D eigenvalue weighted by atomic mass is 9.92. The molecule has 1 aliphatic carbocycles. The van der Waals surface area contributed by atoms with Gasteiger partial charge in [-0.3, -0.25) is 18.8 Å². The number of hydrogen-bond acceptors (Lipinski definition) is 6. The standard InChI is InChI=1S/C33H33ClN4O6S/c1-21-28(34)9-4-11-30(21)44-13-5-12-31(39)38-19-24-15-27(24)32-26(8-3-10-29(32)38)25-16-36-37(18-25)17-22-6-2-7-23(14-22)33(40)35-20-45(41,42)43/h2-4,6-11,14,16,18,24,27H,5,12-13,15,17,19-20H2,1H3,(H,35,40)(H,41,42,43). The summed E-state index contributed by atoms with van der Waals surface area (Å²) in [6.45, 7) is 3.46. The van der Waals surface area contributed by atoms with Gasteiger partial charge in [-0.05, 0) is 78.6 Å². The van der Waals surface area contributed by atoms with Crippen molar-refractivity contribution in [3.8, 4) is 16.9 Å². The third kappa shape index (κ3) is 7.06. The minimum Gasteiger partial charge on any atom is -0.493 e. The summed E-state index contributed by atoms with van der Waals surface area (Å²) < 4.78 is 38.5. The van der Waals surface area contributed by atoms with Crippen LogP contribution in [0.4, 0.5) is 5.69 Å². The highest BCUT2D eigenvalue weighted by atomic mass is 35.5. The molecule has 10 nitrogen and oxygen atoms in total. The highest BCUT2D eigenvalue weighted by Gasteiger charge is 2.47. The molecular formula is C33H33ClN4O6S. The van der Waals surface area contributed by atoms with Gasteiger partial charge in [0.05, 0.1) is 19.3 Å². The van der Waals surface area contributed by atoms with Crippen LogP contribution in [0.2, 0.25) is 5.02 Å². The topological polar surface area (TPSA) is 131 Å². The second-order valence-corrected chi connectivity index (χ2v) is 13.4. The van der Waals surface area contributed by atoms with Crippen molar-refractivity contribution in [2.45, 2.75) is 38.6 Å². The first kappa shape index (κ1) is 30.8. The molecule has 1 saturated carbocycles. The van der Waals surface area contributed by atoms with Crippen molar-refractivity contribution in [3.63, 3.8) is 0 Å². The Hall–Kier alpha value is -4.19. The van der Waals surface area contributed by atoms with Gasteiger partial charge in [-0.25, -0.2) is 0 Å². The molecule has 4 aromatic rings. The molecule has 2 N–H and O–H groups in total. The minimum atomic E-state index is -4.32. The van der Waals surface area contributed by atoms with E-state index in [1.807, 2.05) is 60.6 Å². The van der Waals surface area contributed by atoms with E-state index >= 15 is 0 Å². The van der Waals surface area contributed by atoms with Gasteiger partial charge in [0.15, 0.2) is 0 Å². The van der Waals surface area contributed by atoms with Crippen molar-refractivity contribution in [1.29, 1.82) is 0 Å². The average molecular weight is 649 g/mol. The zero-order valence-electron chi connectivity index (χ0n) is 24.6. The molecule has 2 aliphatic rings. The third-order valence-corrected chi connectivity index (χ3v) is 9.21. The number of benzene rings is 3. The van der Waals surface area contributed by atoms with Crippen LogP contribution in [0.25, 0.3) is 11.1 Å². The molecule has 234 valence electrons. The number of fused-ring (bicyclic) bond motifs is 3. The quantitative estimate of drug-likeness (QED) is 0.163. The van der Waals surface area contributed by atoms with Crippen LogP contribution in [0, 0.1) is 12.8 Å². The average Bonchev–Trinajstić information content (AvgIpc) is 3.67. The molecule has 45 heavy (non-hydrogen) atoms. The van der Waals surface area contributed by atoms with Crippen LogP contribution in [-0.4, -0.2) is 53.6 Å². The van der Waals surface area contributed by atoms with Gasteiger partial charge in [-0.1, -0.05) is 41.9 Å². The number of ether oxygens (including phenoxy) is 1. The first-order valence-corrected chi connectivity index (χ1v) is 16.7. The largest absolute Gasteiger partial charge is 0.493 e. The lowest BCUT2D eigenvalue weighted by Gasteiger charge is -2.30. The highest BCUT2D eigenvalue weighted by Crippen LogP contribution is 2.57. The van der Waals surface area contributed by atoms with Gasteiger partial charge in [0, 0.05) is 46.6 Å². The number of hydrogen-bond donors (Lipinski definition) is 2. The van der Waals surface area contributed by atoms with Gasteiger partial charge in [0.2, 0.25) is 5.91 Å². The first-order chi connectivity index (χ1) is 21.6. The molecule has 12 heteroatoms. The zero-order chi connectivity index (χ0) is 31.7. The molecular weight excluding hydrogens is 616 g/mol. The minimum absolute atomic E-state index is 0.0846. The Bertz CT molecular complexity index is 1870. The number of nitrogens with one attached hydrogen (secondary N) is 1. The van der Waals surface area contributed by atoms with Gasteiger partial charge in [0.1, 0.15) is 11.6 Å². The van der Waals surface area contributed by atoms with Crippen LogP contribution in [0.5, 0.6) is 5.75 Å². The molecule has 1 aliphatic heterocycles. The summed E-state index contributed by atoms with van der Waals surface area (Å²) in [5.41, 5.74) is 6.11. The lowest BCUT2D eigenvalue weighted by molar-refractivity contribution is -0.119. The van der Waals surface area contributed by atoms with Gasteiger partial charge < -0.3 is 15.0 Å². The van der Waals surface area contributed by atoms with Gasteiger partial charge in [-0.2, -0.15) is 13.5 Å². The second kappa shape index (κ2) is 12.7. The van der Waals surface area contributed by atoms with Crippen molar-refractivity contribution >= 4 is 39.2 Å². The number of carbonyl (C=O) groups is 2. The number of aromatic nitrogens is 2. The fourth-order valence-corrected chi connectivity index (χ4v) is 6.41. The van der Waals surface area contributed by atoms with E-state index in [4.69, 9.17) is 20.9 Å². The van der Waals surface area contributed by atoms with Crippen molar-refractivity contribution in [2.75, 3.05) is 23.9 Å². The number of nitrogens with zero attached hydrogens (tertiary/aromatic N) is 3. The predicted octanol–water partition coefficient (Wildman–Crippen LogP) is 5.44. The molecule has 2 unspecified atom stereocenters. The molecule has 0 saturated heterocycles. The van der Waals surface area contributed by atoms with Crippen LogP contribution in [0.3, 0.4) is 0 Å². The fourth-order valence-electron chi connectivity index (χ4n) is 5.93. The summed E-state index contributed by atoms with van der Waals surface area (Å²) in [4.78, 5) is 27.7. The van der Waals surface area contributed by atoms with Gasteiger partial charge >= 0.3 is 0 Å². The van der Waals surface area contributed by atoms with Crippen molar-refractivity contribution in [2.24, 2.45) is 5.92 Å². The Morgan fingerprint density at radius 1 is 1.13 bits per heavy atom. The number of carbonyl (C=O) groups excluding carboxylic acids is 2. The van der Waals surface area contributed by atoms with E-state index in [1.165, 1.54) is 5.56 Å². The van der Waals surface area contributed by atoms with Crippen LogP contribution in [0.15, 0.2) is 73.1 Å². The Morgan fingerprint density at radius 2 is 1.93 bits per heavy atom. The Kier molecular flexibility index (Phi) is 8.67. The molecule has 3 aromatic carbocycles. The number of rotatable bonds is 11. The number of halogens is 1. The monoisotopic (exact) mass is 648 g/mol. The van der Waals surface area contributed by atoms with E-state index in [-0.39, 0.29) is 11.5 Å². The molecule has 2 heterocycles. The summed E-state index contributed by atoms with van der Waals surface area (Å²) in [6, 6.07) is 18.4. The smallest absolute Gasteiger partial charge is 0.283 e. The lowest BCUT2D eigenvalue weighted by Crippen LogP contribution is -2.36. The maximum Gasteiger partial charge on any atom is 0.283 e. The van der Waals surface area contributed by atoms with Crippen LogP contribution < -0.4 is 15.0 Å². The third-order valence-electron chi connectivity index (χ3n) is 8.29. The molecule has 2 amide bonds. The van der Waals surface area contributed by atoms with Crippen LogP contribution in [0.1, 0.15) is 52.2 Å². The molecule has 2 atom stereocenters. The number of anilines is 1. The molecule has 0 radical (unpaired) electrons. The van der Waals surface area contributed by atoms with Crippen LogP contribution >= 0.6 is 11.6 Å². The molecule has 0 bridgehead atoms. The zero-order valence-corrected chi connectivity index (χ0v) is 26.2. The first-order valence-electron chi connectivity index (χ1n) is 14.7. The highest BCUT2D eigenvalue weighted by molar-refractivity contribution is 7.85. The summed E-state index contributed by atoms with van der Waals surface area (Å²) in [7, 11) is -4.32. The molecule has 6 rings (SSSR count). The van der Waals surface area contributed by atoms with Gasteiger partial charge in [-0.15, -0.1) is 0 Å². The maximum atomic E-state index is 13.4. The molecule has 0 spiro atoms. The van der Waals surface area contributed by atoms with E-state index < -0.39 is 21.9 Å². The van der Waals surface area contributed by atoms with Crippen molar-refractivity contribution in [3.05, 3.63) is 100 Å². The fraction of sp³-hybridized carbons (Fsp3) is 0.303. The van der Waals surface area contributed by atoms with Crippen molar-refractivity contribution in [1.82, 2.24) is 15.1 Å². The van der Waals surface area contributed by atoms with E-state index in [9.17, 15) is 18.0 Å². The van der Waals surface area contributed by atoms with Crippen LogP contribution in [-0.2, 0) is 21.5 Å². The normalized spacial score (nSPS) is 16.9. The number of amides is 2. The SMILES string of the molecule is Cc1c(Cl)cccc1OCCCC(=O)N1CC2CC2c2c(-c3cnn(Cc4cccc(C(=O)NCS(=O)(=O)O)c4)c3)cccc21. The van der Waals surface area contributed by atoms with E-state index in [0.29, 0.717) is 42.9 Å². The predicted molar refractivity (Wildman–Crippen MR) is 171 cm³/mol. The summed E-state index contributed by atoms with van der Waals surface area (Å²) in [5.74, 6) is 0.212. The van der Waals surface area contributed by atoms with E-state index in [0.717, 1.165) is 46.7 Å². The van der Waals surface area contributed by atoms with E-state index in [2.05, 4.69) is 16.5 Å². The Balaban J connectivity index is 1.13. The summed E-state index contributed by atoms with van der Waals surface area (Å²) in [5, 5.41) is 7.41. The summed E-state index contributed by atoms with van der Waals surface area (Å²) in [6.07, 6.45) is 5.79. The van der Waals surface area contributed by atoms with E-state index in [1.54, 1.807) is 22.9 Å². The second-order valence-electron chi connectivity index (χ2n) is 11.5. The van der Waals surface area contributed by atoms with Gasteiger partial charge in [0.25, 0.3) is 16.0 Å². The van der Waals surface area contributed by atoms with Crippen molar-refractivity contribution < 1.29 is 27.3 Å². The molecule has 1 fully saturated rings. The maximum absolute atomic E-state index is 13.4. The Morgan fingerprint density at radius 3 is 2.76 bits per heavy atom.